The molecule has 4 saturated carbocycles. The summed E-state index contributed by atoms with van der Waals surface area (Å²) in [6.45, 7) is 20.2. The monoisotopic (exact) mass is 1370 g/mol. The number of rotatable bonds is 8. The van der Waals surface area contributed by atoms with Gasteiger partial charge in [-0.1, -0.05) is 173 Å². The van der Waals surface area contributed by atoms with Crippen molar-refractivity contribution < 1.29 is 0 Å². The Morgan fingerprint density at radius 1 is 0.226 bits per heavy atom. The van der Waals surface area contributed by atoms with Crippen molar-refractivity contribution in [2.75, 3.05) is 19.6 Å². The molecule has 4 heteroatoms. The molecule has 0 bridgehead atoms. The van der Waals surface area contributed by atoms with Crippen molar-refractivity contribution in [2.45, 2.75) is 153 Å². The SMILES string of the molecule is CC1CCC2c3cc(-c4ccc5c6cc7c(cc6c6ccc(-c8ccc9c(c8)C8CCC(C)C8(C)N9c8ccccc8)c4c56)c4ccc(-c5ccc6c(c5)C5CCC(C)C5(C)N6c5ccccc5)c5c(-c6ccc8c(c6)C6CCC(C)C6(C)N8c6ccccc6)ccc7c54)ccc3N(c3ccccc3)C12C. The van der Waals surface area contributed by atoms with E-state index < -0.39 is 0 Å². The minimum atomic E-state index is -0.0129. The van der Waals surface area contributed by atoms with Crippen LogP contribution in [0.3, 0.4) is 0 Å². The van der Waals surface area contributed by atoms with Crippen molar-refractivity contribution in [1.82, 2.24) is 0 Å². The van der Waals surface area contributed by atoms with E-state index in [0.717, 1.165) is 0 Å². The molecule has 12 atom stereocenters. The first kappa shape index (κ1) is 61.8. The fourth-order valence-electron chi connectivity index (χ4n) is 24.9. The molecule has 106 heavy (non-hydrogen) atoms. The maximum Gasteiger partial charge on any atom is 0.0518 e. The Bertz CT molecular complexity index is 5460. The second kappa shape index (κ2) is 21.7. The van der Waals surface area contributed by atoms with Gasteiger partial charge in [-0.15, -0.1) is 0 Å². The number of fused-ring (bicyclic) bond motifs is 18. The molecule has 4 heterocycles. The van der Waals surface area contributed by atoms with Gasteiger partial charge in [-0.05, 0) is 343 Å². The normalized spacial score (nSPS) is 27.4. The Balaban J connectivity index is 0.747. The fraction of sp³-hybridized carbons (Fsp3) is 0.275. The van der Waals surface area contributed by atoms with Crippen LogP contribution in [-0.2, 0) is 0 Å². The van der Waals surface area contributed by atoms with Gasteiger partial charge in [-0.3, -0.25) is 0 Å². The molecule has 23 rings (SSSR count). The van der Waals surface area contributed by atoms with Crippen molar-refractivity contribution >= 4 is 110 Å². The molecule has 4 aliphatic carbocycles. The number of anilines is 8. The van der Waals surface area contributed by atoms with E-state index in [2.05, 4.69) is 330 Å². The second-order valence-electron chi connectivity index (χ2n) is 34.9. The van der Waals surface area contributed by atoms with Crippen LogP contribution in [0.2, 0.25) is 0 Å². The molecule has 12 unspecified atom stereocenters. The van der Waals surface area contributed by atoms with E-state index in [1.54, 1.807) is 0 Å². The van der Waals surface area contributed by atoms with Crippen LogP contribution in [0.1, 0.15) is 153 Å². The van der Waals surface area contributed by atoms with E-state index in [-0.39, 0.29) is 22.2 Å². The van der Waals surface area contributed by atoms with Crippen LogP contribution >= 0.6 is 0 Å². The molecule has 0 spiro atoms. The van der Waals surface area contributed by atoms with Gasteiger partial charge in [0, 0.05) is 69.2 Å². The van der Waals surface area contributed by atoms with E-state index in [1.807, 2.05) is 0 Å². The average Bonchev–Trinajstić information content (AvgIpc) is 1.57. The maximum absolute atomic E-state index is 2.72. The van der Waals surface area contributed by atoms with Gasteiger partial charge in [0.25, 0.3) is 0 Å². The number of hydrogen-bond donors (Lipinski definition) is 0. The highest BCUT2D eigenvalue weighted by molar-refractivity contribution is 6.40. The topological polar surface area (TPSA) is 13.0 Å². The van der Waals surface area contributed by atoms with Crippen LogP contribution < -0.4 is 19.6 Å². The third-order valence-electron chi connectivity index (χ3n) is 30.8. The highest BCUT2D eigenvalue weighted by Gasteiger charge is 2.59. The van der Waals surface area contributed by atoms with Crippen LogP contribution in [0.5, 0.6) is 0 Å². The molecule has 0 saturated heterocycles. The zero-order valence-corrected chi connectivity index (χ0v) is 62.3. The summed E-state index contributed by atoms with van der Waals surface area (Å²) in [6, 6.07) is 101. The molecule has 0 aromatic heterocycles. The molecule has 0 amide bonds. The standard InChI is InChI=1S/C102H90N4/c1-59-29-45-87-83-53-63(33-49-91(83)103(99(59,87)5)67-21-13-9-14-22-67)71-37-41-75-79-57-81-77-43-39-73(65-35-51-93-85(55-65)89-47-31-61(3)101(89,7)105(93)69-25-17-11-18-26-69)96-74(66-36-52-94-86(56-66)90-48-32-62(4)102(90,8)106(94)70-27-19-12-20-28-70)40-44-78(98(77)96)82(81)58-80(79)76-42-38-72(95(71)97(75)76)64-34-50-92-84(54-64)88-46-30-60(2)100(88,6)104(92)68-23-15-10-16-24-68/h9-28,33-44,49-62,87-90H,29-32,45-48H2,1-8H3. The number of benzene rings is 13. The molecular formula is C102H90N4. The summed E-state index contributed by atoms with van der Waals surface area (Å²) in [5.41, 5.74) is 27.1. The number of para-hydroxylation sites is 4. The molecule has 15 aromatic rings. The molecule has 8 aliphatic rings. The van der Waals surface area contributed by atoms with Crippen LogP contribution in [0.4, 0.5) is 45.5 Å². The van der Waals surface area contributed by atoms with E-state index in [0.29, 0.717) is 47.3 Å². The van der Waals surface area contributed by atoms with E-state index in [1.165, 1.54) is 228 Å². The van der Waals surface area contributed by atoms with Crippen molar-refractivity contribution in [2.24, 2.45) is 23.7 Å². The molecule has 0 N–H and O–H groups in total. The predicted octanol–water partition coefficient (Wildman–Crippen LogP) is 27.8. The van der Waals surface area contributed by atoms with Crippen molar-refractivity contribution in [3.8, 4) is 44.5 Å². The smallest absolute Gasteiger partial charge is 0.0518 e. The Kier molecular flexibility index (Phi) is 12.6. The minimum Gasteiger partial charge on any atom is -0.334 e. The molecule has 0 radical (unpaired) electrons. The van der Waals surface area contributed by atoms with Gasteiger partial charge in [0.05, 0.1) is 22.2 Å². The summed E-state index contributed by atoms with van der Waals surface area (Å²) in [7, 11) is 0. The Labute approximate surface area is 623 Å². The summed E-state index contributed by atoms with van der Waals surface area (Å²) < 4.78 is 0. The van der Waals surface area contributed by atoms with E-state index >= 15 is 0 Å². The first-order valence-electron chi connectivity index (χ1n) is 40.1. The fourth-order valence-corrected chi connectivity index (χ4v) is 24.9. The number of nitrogens with zero attached hydrogens (tertiary/aromatic N) is 4. The molecule has 4 aliphatic heterocycles. The predicted molar refractivity (Wildman–Crippen MR) is 448 cm³/mol. The van der Waals surface area contributed by atoms with Gasteiger partial charge < -0.3 is 19.6 Å². The van der Waals surface area contributed by atoms with Crippen LogP contribution in [0, 0.1) is 23.7 Å². The van der Waals surface area contributed by atoms with Gasteiger partial charge in [-0.25, -0.2) is 0 Å². The summed E-state index contributed by atoms with van der Waals surface area (Å²) in [5, 5.41) is 16.2. The lowest BCUT2D eigenvalue weighted by Crippen LogP contribution is -2.45. The summed E-state index contributed by atoms with van der Waals surface area (Å²) >= 11 is 0. The molecule has 4 nitrogen and oxygen atoms in total. The Morgan fingerprint density at radius 3 is 0.679 bits per heavy atom. The van der Waals surface area contributed by atoms with Crippen LogP contribution in [0.25, 0.3) is 109 Å². The second-order valence-corrected chi connectivity index (χ2v) is 34.9. The Morgan fingerprint density at radius 2 is 0.453 bits per heavy atom. The van der Waals surface area contributed by atoms with Crippen LogP contribution in [0.15, 0.2) is 255 Å². The quantitative estimate of drug-likeness (QED) is 0.150. The average molecular weight is 1370 g/mol. The lowest BCUT2D eigenvalue weighted by atomic mass is 9.81. The van der Waals surface area contributed by atoms with Gasteiger partial charge >= 0.3 is 0 Å². The van der Waals surface area contributed by atoms with E-state index in [9.17, 15) is 0 Å². The third-order valence-corrected chi connectivity index (χ3v) is 30.8. The van der Waals surface area contributed by atoms with Crippen molar-refractivity contribution in [3.05, 3.63) is 277 Å². The highest BCUT2D eigenvalue weighted by atomic mass is 15.3. The summed E-state index contributed by atoms with van der Waals surface area (Å²) in [6.07, 6.45) is 9.70. The Hall–Kier alpha value is -10.4. The molecule has 518 valence electrons. The largest absolute Gasteiger partial charge is 0.334 e. The zero-order valence-electron chi connectivity index (χ0n) is 62.3. The maximum atomic E-state index is 2.72. The summed E-state index contributed by atoms with van der Waals surface area (Å²) in [5.74, 6) is 3.95. The van der Waals surface area contributed by atoms with Crippen molar-refractivity contribution in [1.29, 1.82) is 0 Å². The van der Waals surface area contributed by atoms with Crippen LogP contribution in [-0.4, -0.2) is 22.2 Å². The molecule has 15 aromatic carbocycles. The first-order chi connectivity index (χ1) is 51.7. The zero-order chi connectivity index (χ0) is 70.8. The third kappa shape index (κ3) is 7.76. The highest BCUT2D eigenvalue weighted by Crippen LogP contribution is 2.67. The lowest BCUT2D eigenvalue weighted by molar-refractivity contribution is 0.355. The van der Waals surface area contributed by atoms with Crippen molar-refractivity contribution in [3.63, 3.8) is 0 Å². The van der Waals surface area contributed by atoms with Gasteiger partial charge in [-0.2, -0.15) is 0 Å². The molecule has 4 fully saturated rings. The van der Waals surface area contributed by atoms with Gasteiger partial charge in [0.1, 0.15) is 0 Å². The minimum absolute atomic E-state index is 0.0129. The summed E-state index contributed by atoms with van der Waals surface area (Å²) in [4.78, 5) is 10.9. The number of hydrogen-bond acceptors (Lipinski definition) is 4. The van der Waals surface area contributed by atoms with Gasteiger partial charge in [0.2, 0.25) is 0 Å². The van der Waals surface area contributed by atoms with Gasteiger partial charge in [0.15, 0.2) is 0 Å². The first-order valence-corrected chi connectivity index (χ1v) is 40.1. The lowest BCUT2D eigenvalue weighted by Gasteiger charge is -2.41. The molecular weight excluding hydrogens is 1280 g/mol. The van der Waals surface area contributed by atoms with E-state index in [4.69, 9.17) is 0 Å².